The fourth-order valence-electron chi connectivity index (χ4n) is 8.73. The van der Waals surface area contributed by atoms with Crippen LogP contribution in [0.25, 0.3) is 11.8 Å². The molecule has 0 aromatic heterocycles. The van der Waals surface area contributed by atoms with Crippen molar-refractivity contribution >= 4 is 46.1 Å². The number of hydrogen-bond donors (Lipinski definition) is 2. The van der Waals surface area contributed by atoms with Gasteiger partial charge in [-0.25, -0.2) is 5.26 Å². The van der Waals surface area contributed by atoms with Gasteiger partial charge in [-0.3, -0.25) is 0 Å². The summed E-state index contributed by atoms with van der Waals surface area (Å²) >= 11 is 5.72. The van der Waals surface area contributed by atoms with Gasteiger partial charge in [-0.1, -0.05) is 31.6 Å². The highest BCUT2D eigenvalue weighted by Gasteiger charge is 2.37. The van der Waals surface area contributed by atoms with Crippen molar-refractivity contribution in [2.24, 2.45) is 0 Å². The first-order chi connectivity index (χ1) is 23.6. The van der Waals surface area contributed by atoms with Crippen molar-refractivity contribution < 1.29 is 19.6 Å². The van der Waals surface area contributed by atoms with Gasteiger partial charge in [0.25, 0.3) is 0 Å². The Morgan fingerprint density at radius 1 is 0.854 bits per heavy atom. The van der Waals surface area contributed by atoms with Gasteiger partial charge in [0, 0.05) is 95.9 Å². The number of thiocarbonyl (C=S) groups is 1. The Hall–Kier alpha value is -3.59. The summed E-state index contributed by atoms with van der Waals surface area (Å²) in [7, 11) is 0. The molecule has 5 aliphatic heterocycles. The summed E-state index contributed by atoms with van der Waals surface area (Å²) in [6.07, 6.45) is 14.2. The Morgan fingerprint density at radius 3 is 2.06 bits per heavy atom. The van der Waals surface area contributed by atoms with Crippen molar-refractivity contribution in [1.82, 2.24) is 0 Å². The summed E-state index contributed by atoms with van der Waals surface area (Å²) < 4.78 is 12.9. The summed E-state index contributed by atoms with van der Waals surface area (Å²) in [6, 6.07) is 11.1. The molecule has 0 bridgehead atoms. The second-order valence-electron chi connectivity index (χ2n) is 14.0. The van der Waals surface area contributed by atoms with Crippen LogP contribution < -0.4 is 30.3 Å². The second kappa shape index (κ2) is 13.7. The van der Waals surface area contributed by atoms with Gasteiger partial charge in [0.05, 0.1) is 4.99 Å². The molecule has 0 spiro atoms. The summed E-state index contributed by atoms with van der Waals surface area (Å²) in [5, 5.41) is 15.0. The van der Waals surface area contributed by atoms with E-state index < -0.39 is 0 Å². The lowest BCUT2D eigenvalue weighted by Gasteiger charge is -2.41. The maximum absolute atomic E-state index is 9.80. The fourth-order valence-corrected chi connectivity index (χ4v) is 9.00. The van der Waals surface area contributed by atoms with E-state index in [0.29, 0.717) is 6.61 Å². The average Bonchev–Trinajstić information content (AvgIpc) is 3.10. The van der Waals surface area contributed by atoms with Crippen LogP contribution in [0, 0.1) is 0 Å². The van der Waals surface area contributed by atoms with E-state index in [2.05, 4.69) is 46.3 Å². The second-order valence-corrected chi connectivity index (χ2v) is 14.5. The van der Waals surface area contributed by atoms with Gasteiger partial charge < -0.3 is 29.5 Å². The molecule has 8 rings (SSSR count). The molecule has 3 aromatic carbocycles. The molecule has 3 aromatic rings. The molecule has 0 saturated heterocycles. The van der Waals surface area contributed by atoms with Crippen molar-refractivity contribution in [3.8, 4) is 11.5 Å². The number of fused-ring (bicyclic) bond motifs is 4. The monoisotopic (exact) mass is 665 g/mol. The smallest absolute Gasteiger partial charge is 0.140 e. The topological polar surface area (TPSA) is 66.4 Å². The van der Waals surface area contributed by atoms with Gasteiger partial charge in [-0.15, -0.1) is 0 Å². The van der Waals surface area contributed by atoms with Crippen molar-refractivity contribution in [1.29, 1.82) is 0 Å². The standard InChI is InChI=1S/C40H47N3O4S/c1-2-3-20-45-21-8-13-35(48)41-29-14-15-30(28(22-29)25-46-44)36-33-23-26-9-4-16-42-18-6-11-31(37(26)42)39(33)47-40-32-12-7-19-43-17-5-10-27(38(32)43)24-34(36)40/h14-15,22-25,44H,2-13,16-21H2,1H3,(H,41,48). The van der Waals surface area contributed by atoms with Crippen LogP contribution in [0.4, 0.5) is 17.1 Å². The zero-order chi connectivity index (χ0) is 32.6. The third-order valence-electron chi connectivity index (χ3n) is 10.8. The molecule has 0 radical (unpaired) electrons. The maximum atomic E-state index is 9.80. The summed E-state index contributed by atoms with van der Waals surface area (Å²) in [6.45, 7) is 8.17. The molecule has 8 heteroatoms. The Kier molecular flexibility index (Phi) is 9.06. The number of benzene rings is 3. The lowest BCUT2D eigenvalue weighted by molar-refractivity contribution is -0.162. The minimum absolute atomic E-state index is 0.713. The zero-order valence-corrected chi connectivity index (χ0v) is 29.0. The Bertz CT molecular complexity index is 1780. The van der Waals surface area contributed by atoms with Crippen LogP contribution in [-0.4, -0.2) is 49.6 Å². The highest BCUT2D eigenvalue weighted by atomic mass is 32.1. The molecule has 2 N–H and O–H groups in total. The molecule has 5 heterocycles. The van der Waals surface area contributed by atoms with Crippen molar-refractivity contribution in [3.63, 3.8) is 0 Å². The predicted molar refractivity (Wildman–Crippen MR) is 197 cm³/mol. The molecule has 0 unspecified atom stereocenters. The summed E-state index contributed by atoms with van der Waals surface area (Å²) in [5.41, 5.74) is 12.8. The average molecular weight is 666 g/mol. The molecule has 7 nitrogen and oxygen atoms in total. The van der Waals surface area contributed by atoms with E-state index in [1.807, 2.05) is 6.07 Å². The number of ether oxygens (including phenoxy) is 2. The third-order valence-corrected chi connectivity index (χ3v) is 11.1. The molecular weight excluding hydrogens is 619 g/mol. The van der Waals surface area contributed by atoms with Crippen LogP contribution in [0.3, 0.4) is 0 Å². The van der Waals surface area contributed by atoms with Gasteiger partial charge in [0.15, 0.2) is 0 Å². The van der Waals surface area contributed by atoms with E-state index in [4.69, 9.17) is 26.6 Å². The van der Waals surface area contributed by atoms with Crippen LogP contribution in [0.2, 0.25) is 0 Å². The van der Waals surface area contributed by atoms with E-state index in [1.54, 1.807) is 0 Å². The Labute approximate surface area is 289 Å². The van der Waals surface area contributed by atoms with Crippen molar-refractivity contribution in [2.45, 2.75) is 84.0 Å². The van der Waals surface area contributed by atoms with Crippen LogP contribution in [-0.2, 0) is 35.3 Å². The summed E-state index contributed by atoms with van der Waals surface area (Å²) in [5.74, 6) is 2.04. The quantitative estimate of drug-likeness (QED) is 0.0858. The lowest BCUT2D eigenvalue weighted by Crippen LogP contribution is -2.36. The highest BCUT2D eigenvalue weighted by molar-refractivity contribution is 7.80. The summed E-state index contributed by atoms with van der Waals surface area (Å²) in [4.78, 5) is 10.7. The van der Waals surface area contributed by atoms with Crippen LogP contribution >= 0.6 is 12.2 Å². The SMILES string of the molecule is CCCCOCCCC(=S)Nc1ccc(=C2c3cc4c5c(c3Oc3c2cc2c6c3CCCN6CCC2)CCCN5CCC4)c(=COO)c1. The Balaban J connectivity index is 1.28. The van der Waals surface area contributed by atoms with E-state index in [0.717, 1.165) is 146 Å². The number of nitrogens with one attached hydrogen (secondary N) is 1. The number of aryl methyl sites for hydroxylation is 2. The Morgan fingerprint density at radius 2 is 1.46 bits per heavy atom. The first-order valence-electron chi connectivity index (χ1n) is 18.2. The molecule has 0 amide bonds. The van der Waals surface area contributed by atoms with Gasteiger partial charge >= 0.3 is 0 Å². The fraction of sp³-hybridized carbons (Fsp3) is 0.475. The molecule has 48 heavy (non-hydrogen) atoms. The lowest BCUT2D eigenvalue weighted by atomic mass is 9.80. The number of hydrogen-bond acceptors (Lipinski definition) is 7. The molecule has 0 saturated carbocycles. The zero-order valence-electron chi connectivity index (χ0n) is 28.2. The first-order valence-corrected chi connectivity index (χ1v) is 18.6. The van der Waals surface area contributed by atoms with Gasteiger partial charge in [-0.2, -0.15) is 0 Å². The van der Waals surface area contributed by atoms with Crippen molar-refractivity contribution in [3.05, 3.63) is 74.1 Å². The third kappa shape index (κ3) is 5.76. The first kappa shape index (κ1) is 31.7. The predicted octanol–water partition coefficient (Wildman–Crippen LogP) is 7.00. The van der Waals surface area contributed by atoms with Gasteiger partial charge in [0.2, 0.25) is 0 Å². The largest absolute Gasteiger partial charge is 0.455 e. The van der Waals surface area contributed by atoms with Gasteiger partial charge in [0.1, 0.15) is 17.8 Å². The molecule has 0 aliphatic carbocycles. The van der Waals surface area contributed by atoms with E-state index in [-0.39, 0.29) is 0 Å². The molecule has 252 valence electrons. The van der Waals surface area contributed by atoms with E-state index in [1.165, 1.54) is 52.7 Å². The molecular formula is C40H47N3O4S. The minimum atomic E-state index is 0.713. The van der Waals surface area contributed by atoms with Gasteiger partial charge in [-0.05, 0) is 105 Å². The van der Waals surface area contributed by atoms with Crippen molar-refractivity contribution in [2.75, 3.05) is 54.5 Å². The number of anilines is 3. The molecule has 0 fully saturated rings. The number of rotatable bonds is 9. The molecule has 5 aliphatic rings. The van der Waals surface area contributed by atoms with Crippen LogP contribution in [0.15, 0.2) is 30.3 Å². The highest BCUT2D eigenvalue weighted by Crippen LogP contribution is 2.54. The normalized spacial score (nSPS) is 17.6. The van der Waals surface area contributed by atoms with Crippen LogP contribution in [0.5, 0.6) is 11.5 Å². The van der Waals surface area contributed by atoms with E-state index >= 15 is 0 Å². The maximum Gasteiger partial charge on any atom is 0.140 e. The van der Waals surface area contributed by atoms with E-state index in [9.17, 15) is 5.26 Å². The minimum Gasteiger partial charge on any atom is -0.455 e. The number of nitrogens with zero attached hydrogens (tertiary/aromatic N) is 2. The molecule has 0 atom stereocenters. The number of unbranched alkanes of at least 4 members (excludes halogenated alkanes) is 1. The van der Waals surface area contributed by atoms with Crippen LogP contribution in [0.1, 0.15) is 91.7 Å².